The van der Waals surface area contributed by atoms with Gasteiger partial charge in [-0.1, -0.05) is 60.1 Å². The van der Waals surface area contributed by atoms with Crippen molar-refractivity contribution >= 4 is 17.9 Å². The highest BCUT2D eigenvalue weighted by Gasteiger charge is 2.33. The number of aliphatic hydroxyl groups is 1. The fourth-order valence-corrected chi connectivity index (χ4v) is 4.63. The highest BCUT2D eigenvalue weighted by molar-refractivity contribution is 5.96. The van der Waals surface area contributed by atoms with E-state index in [1.54, 1.807) is 39.0 Å². The Morgan fingerprint density at radius 2 is 1.60 bits per heavy atom. The lowest BCUT2D eigenvalue weighted by atomic mass is 9.82. The van der Waals surface area contributed by atoms with Crippen molar-refractivity contribution < 1.29 is 29.0 Å². The Balaban J connectivity index is 3.11. The van der Waals surface area contributed by atoms with Crippen LogP contribution < -0.4 is 20.7 Å². The summed E-state index contributed by atoms with van der Waals surface area (Å²) >= 11 is 0. The Bertz CT molecular complexity index is 959. The smallest absolute Gasteiger partial charge is 0.407 e. The van der Waals surface area contributed by atoms with Crippen molar-refractivity contribution in [3.8, 4) is 5.75 Å². The van der Waals surface area contributed by atoms with E-state index in [9.17, 15) is 19.5 Å². The molecule has 240 valence electrons. The van der Waals surface area contributed by atoms with Gasteiger partial charge in [-0.05, 0) is 76.3 Å². The molecule has 0 bridgehead atoms. The minimum Gasteiger partial charge on any atom is -0.493 e. The molecule has 1 aromatic carbocycles. The number of benzene rings is 1. The van der Waals surface area contributed by atoms with Gasteiger partial charge in [-0.25, -0.2) is 4.79 Å². The normalized spacial score (nSPS) is 14.6. The number of aliphatic hydroxyl groups excluding tert-OH is 1. The molecule has 0 saturated heterocycles. The van der Waals surface area contributed by atoms with Crippen LogP contribution in [-0.4, -0.2) is 60.5 Å². The first kappa shape index (κ1) is 37.2. The summed E-state index contributed by atoms with van der Waals surface area (Å²) in [4.78, 5) is 38.9. The van der Waals surface area contributed by atoms with Crippen molar-refractivity contribution in [2.45, 2.75) is 112 Å². The number of nitrogens with one attached hydrogen (secondary N) is 3. The predicted molar refractivity (Wildman–Crippen MR) is 168 cm³/mol. The standard InChI is InChI=1S/C33H57N3O6/c1-10-12-17-34-31(39)26(23(5)6)20-28(37)27(36-32(40)42-33(7,8)9)19-24(22(3)4)21-35-30(38)25-15-13-14-16-29(25)41-18-11-2/h13-16,22-24,26-28,37H,10-12,17-21H2,1-9H3,(H,34,39)(H,35,38)(H,36,40). The molecule has 4 N–H and O–H groups in total. The van der Waals surface area contributed by atoms with Crippen LogP contribution in [0.4, 0.5) is 4.79 Å². The van der Waals surface area contributed by atoms with Gasteiger partial charge in [0.1, 0.15) is 11.4 Å². The van der Waals surface area contributed by atoms with E-state index in [0.717, 1.165) is 19.3 Å². The number of para-hydroxylation sites is 1. The van der Waals surface area contributed by atoms with Gasteiger partial charge in [-0.2, -0.15) is 0 Å². The summed E-state index contributed by atoms with van der Waals surface area (Å²) in [7, 11) is 0. The fraction of sp³-hybridized carbons (Fsp3) is 0.727. The highest BCUT2D eigenvalue weighted by atomic mass is 16.6. The molecule has 0 aromatic heterocycles. The van der Waals surface area contributed by atoms with Gasteiger partial charge in [0.25, 0.3) is 5.91 Å². The lowest BCUT2D eigenvalue weighted by Crippen LogP contribution is -2.49. The lowest BCUT2D eigenvalue weighted by Gasteiger charge is -2.33. The SMILES string of the molecule is CCCCNC(=O)C(CC(O)C(CC(CNC(=O)c1ccccc1OCCC)C(C)C)NC(=O)OC(C)(C)C)C(C)C. The predicted octanol–water partition coefficient (Wildman–Crippen LogP) is 5.70. The number of carbonyl (C=O) groups is 3. The largest absolute Gasteiger partial charge is 0.493 e. The molecular formula is C33H57N3O6. The molecule has 0 radical (unpaired) electrons. The van der Waals surface area contributed by atoms with E-state index >= 15 is 0 Å². The quantitative estimate of drug-likeness (QED) is 0.162. The minimum atomic E-state index is -0.998. The molecule has 1 aromatic rings. The maximum Gasteiger partial charge on any atom is 0.407 e. The Morgan fingerprint density at radius 3 is 2.17 bits per heavy atom. The van der Waals surface area contributed by atoms with Crippen LogP contribution in [0.1, 0.15) is 105 Å². The number of carbonyl (C=O) groups excluding carboxylic acids is 3. The van der Waals surface area contributed by atoms with Crippen molar-refractivity contribution in [1.82, 2.24) is 16.0 Å². The van der Waals surface area contributed by atoms with E-state index in [2.05, 4.69) is 22.9 Å². The van der Waals surface area contributed by atoms with Crippen LogP contribution in [0.15, 0.2) is 24.3 Å². The van der Waals surface area contributed by atoms with Gasteiger partial charge in [0, 0.05) is 19.0 Å². The molecule has 0 heterocycles. The molecule has 0 aliphatic carbocycles. The lowest BCUT2D eigenvalue weighted by molar-refractivity contribution is -0.127. The monoisotopic (exact) mass is 591 g/mol. The zero-order valence-corrected chi connectivity index (χ0v) is 27.4. The fourth-order valence-electron chi connectivity index (χ4n) is 4.63. The average Bonchev–Trinajstić information content (AvgIpc) is 2.90. The third kappa shape index (κ3) is 13.9. The van der Waals surface area contributed by atoms with Crippen molar-refractivity contribution in [1.29, 1.82) is 0 Å². The van der Waals surface area contributed by atoms with Crippen molar-refractivity contribution in [3.05, 3.63) is 29.8 Å². The van der Waals surface area contributed by atoms with E-state index < -0.39 is 29.8 Å². The number of alkyl carbamates (subject to hydrolysis) is 1. The van der Waals surface area contributed by atoms with Crippen molar-refractivity contribution in [2.24, 2.45) is 23.7 Å². The Morgan fingerprint density at radius 1 is 0.929 bits per heavy atom. The van der Waals surface area contributed by atoms with Gasteiger partial charge in [-0.15, -0.1) is 0 Å². The molecule has 0 spiro atoms. The van der Waals surface area contributed by atoms with Crippen LogP contribution in [0, 0.1) is 23.7 Å². The third-order valence-electron chi connectivity index (χ3n) is 7.25. The van der Waals surface area contributed by atoms with E-state index in [4.69, 9.17) is 9.47 Å². The molecule has 0 saturated carbocycles. The Labute approximate surface area is 253 Å². The van der Waals surface area contributed by atoms with Crippen LogP contribution in [0.25, 0.3) is 0 Å². The molecule has 0 aliphatic heterocycles. The summed E-state index contributed by atoms with van der Waals surface area (Å²) in [6.07, 6.45) is 1.64. The van der Waals surface area contributed by atoms with Gasteiger partial charge in [-0.3, -0.25) is 9.59 Å². The molecular weight excluding hydrogens is 534 g/mol. The molecule has 9 nitrogen and oxygen atoms in total. The van der Waals surface area contributed by atoms with E-state index in [0.29, 0.717) is 37.4 Å². The number of rotatable bonds is 18. The zero-order chi connectivity index (χ0) is 31.9. The molecule has 4 atom stereocenters. The molecule has 9 heteroatoms. The molecule has 4 unspecified atom stereocenters. The summed E-state index contributed by atoms with van der Waals surface area (Å²) in [5, 5.41) is 20.3. The Hall–Kier alpha value is -2.81. The van der Waals surface area contributed by atoms with Crippen LogP contribution in [0.3, 0.4) is 0 Å². The molecule has 3 amide bonds. The summed E-state index contributed by atoms with van der Waals surface area (Å²) in [6, 6.07) is 6.47. The molecule has 1 rings (SSSR count). The molecule has 42 heavy (non-hydrogen) atoms. The number of ether oxygens (including phenoxy) is 2. The third-order valence-corrected chi connectivity index (χ3v) is 7.25. The second-order valence-electron chi connectivity index (χ2n) is 12.8. The Kier molecular flexibility index (Phi) is 16.5. The first-order valence-corrected chi connectivity index (χ1v) is 15.6. The second-order valence-corrected chi connectivity index (χ2v) is 12.8. The average molecular weight is 592 g/mol. The van der Waals surface area contributed by atoms with Gasteiger partial charge in [0.2, 0.25) is 5.91 Å². The van der Waals surface area contributed by atoms with Gasteiger partial charge in [0.05, 0.1) is 24.3 Å². The first-order valence-electron chi connectivity index (χ1n) is 15.6. The summed E-state index contributed by atoms with van der Waals surface area (Å²) in [5.74, 6) is -0.170. The zero-order valence-electron chi connectivity index (χ0n) is 27.4. The van der Waals surface area contributed by atoms with Crippen molar-refractivity contribution in [3.63, 3.8) is 0 Å². The minimum absolute atomic E-state index is 0.00127. The van der Waals surface area contributed by atoms with Crippen LogP contribution >= 0.6 is 0 Å². The van der Waals surface area contributed by atoms with Gasteiger partial charge < -0.3 is 30.5 Å². The van der Waals surface area contributed by atoms with E-state index in [1.807, 2.05) is 40.7 Å². The number of hydrogen-bond donors (Lipinski definition) is 4. The number of hydrogen-bond acceptors (Lipinski definition) is 6. The second kappa shape index (κ2) is 18.7. The maximum absolute atomic E-state index is 13.1. The highest BCUT2D eigenvalue weighted by Crippen LogP contribution is 2.25. The van der Waals surface area contributed by atoms with Gasteiger partial charge >= 0.3 is 6.09 Å². The van der Waals surface area contributed by atoms with Gasteiger partial charge in [0.15, 0.2) is 0 Å². The van der Waals surface area contributed by atoms with Crippen molar-refractivity contribution in [2.75, 3.05) is 19.7 Å². The molecule has 0 aliphatic rings. The van der Waals surface area contributed by atoms with Crippen LogP contribution in [-0.2, 0) is 9.53 Å². The summed E-state index contributed by atoms with van der Waals surface area (Å²) < 4.78 is 11.3. The van der Waals surface area contributed by atoms with Crippen LogP contribution in [0.5, 0.6) is 5.75 Å². The van der Waals surface area contributed by atoms with E-state index in [1.165, 1.54) is 0 Å². The first-order chi connectivity index (χ1) is 19.7. The van der Waals surface area contributed by atoms with E-state index in [-0.39, 0.29) is 36.0 Å². The number of amides is 3. The topological polar surface area (TPSA) is 126 Å². The van der Waals surface area contributed by atoms with Crippen LogP contribution in [0.2, 0.25) is 0 Å². The summed E-state index contributed by atoms with van der Waals surface area (Å²) in [6.45, 7) is 18.9. The molecule has 0 fully saturated rings. The number of unbranched alkanes of at least 4 members (excludes halogenated alkanes) is 1. The summed E-state index contributed by atoms with van der Waals surface area (Å²) in [5.41, 5.74) is -0.247. The maximum atomic E-state index is 13.1.